The minimum absolute atomic E-state index is 0.292. The molecule has 3 nitrogen and oxygen atoms in total. The zero-order valence-electron chi connectivity index (χ0n) is 10.3. The van der Waals surface area contributed by atoms with Crippen LogP contribution in [0.5, 0.6) is 5.75 Å². The molecule has 2 rings (SSSR count). The van der Waals surface area contributed by atoms with E-state index in [1.165, 1.54) is 5.56 Å². The largest absolute Gasteiger partial charge is 0.494 e. The Morgan fingerprint density at radius 2 is 2.06 bits per heavy atom. The van der Waals surface area contributed by atoms with E-state index in [0.29, 0.717) is 12.5 Å². The normalized spacial score (nSPS) is 15.4. The monoisotopic (exact) mass is 233 g/mol. The van der Waals surface area contributed by atoms with Crippen molar-refractivity contribution in [3.05, 3.63) is 29.8 Å². The van der Waals surface area contributed by atoms with E-state index in [-0.39, 0.29) is 0 Å². The van der Waals surface area contributed by atoms with Gasteiger partial charge in [-0.3, -0.25) is 4.79 Å². The van der Waals surface area contributed by atoms with Gasteiger partial charge in [0.2, 0.25) is 5.91 Å². The van der Waals surface area contributed by atoms with Crippen LogP contribution in [-0.2, 0) is 4.79 Å². The molecule has 1 aliphatic rings. The SMILES string of the molecule is Cc1ccc(OCCCN2CCCC2=O)cc1. The number of ether oxygens (including phenoxy) is 1. The maximum absolute atomic E-state index is 11.4. The van der Waals surface area contributed by atoms with E-state index in [9.17, 15) is 4.79 Å². The molecular weight excluding hydrogens is 214 g/mol. The first-order valence-electron chi connectivity index (χ1n) is 6.23. The molecule has 3 heteroatoms. The van der Waals surface area contributed by atoms with Gasteiger partial charge in [-0.1, -0.05) is 17.7 Å². The molecule has 0 unspecified atom stereocenters. The number of aryl methyl sites for hydroxylation is 1. The molecule has 0 N–H and O–H groups in total. The van der Waals surface area contributed by atoms with E-state index in [1.807, 2.05) is 29.2 Å². The van der Waals surface area contributed by atoms with Crippen LogP contribution < -0.4 is 4.74 Å². The maximum atomic E-state index is 11.4. The molecule has 0 aliphatic carbocycles. The summed E-state index contributed by atoms with van der Waals surface area (Å²) in [5.74, 6) is 1.20. The Morgan fingerprint density at radius 1 is 1.29 bits per heavy atom. The van der Waals surface area contributed by atoms with Crippen molar-refractivity contribution in [1.82, 2.24) is 4.90 Å². The van der Waals surface area contributed by atoms with Crippen molar-refractivity contribution in [3.8, 4) is 5.75 Å². The van der Waals surface area contributed by atoms with Crippen molar-refractivity contribution in [1.29, 1.82) is 0 Å². The van der Waals surface area contributed by atoms with E-state index in [2.05, 4.69) is 6.92 Å². The van der Waals surface area contributed by atoms with Crippen LogP contribution in [0.15, 0.2) is 24.3 Å². The number of rotatable bonds is 5. The van der Waals surface area contributed by atoms with Gasteiger partial charge in [-0.05, 0) is 31.9 Å². The Labute approximate surface area is 102 Å². The molecule has 1 amide bonds. The fourth-order valence-electron chi connectivity index (χ4n) is 2.02. The van der Waals surface area contributed by atoms with Crippen LogP contribution in [0.2, 0.25) is 0 Å². The van der Waals surface area contributed by atoms with Gasteiger partial charge in [0.15, 0.2) is 0 Å². The number of benzene rings is 1. The Hall–Kier alpha value is -1.51. The quantitative estimate of drug-likeness (QED) is 0.731. The smallest absolute Gasteiger partial charge is 0.222 e. The lowest BCUT2D eigenvalue weighted by Crippen LogP contribution is -2.26. The molecule has 17 heavy (non-hydrogen) atoms. The average Bonchev–Trinajstić information content (AvgIpc) is 2.73. The molecule has 1 saturated heterocycles. The van der Waals surface area contributed by atoms with Crippen LogP contribution in [0.4, 0.5) is 0 Å². The number of likely N-dealkylation sites (tertiary alicyclic amines) is 1. The number of amides is 1. The molecule has 1 aliphatic heterocycles. The molecule has 92 valence electrons. The Bertz CT molecular complexity index is 372. The van der Waals surface area contributed by atoms with Crippen LogP contribution in [0.1, 0.15) is 24.8 Å². The standard InChI is InChI=1S/C14H19NO2/c1-12-5-7-13(8-6-12)17-11-3-10-15-9-2-4-14(15)16/h5-8H,2-4,9-11H2,1H3. The van der Waals surface area contributed by atoms with Gasteiger partial charge in [0.25, 0.3) is 0 Å². The molecule has 0 saturated carbocycles. The summed E-state index contributed by atoms with van der Waals surface area (Å²) in [5.41, 5.74) is 1.24. The summed E-state index contributed by atoms with van der Waals surface area (Å²) >= 11 is 0. The van der Waals surface area contributed by atoms with Gasteiger partial charge in [-0.15, -0.1) is 0 Å². The third-order valence-electron chi connectivity index (χ3n) is 3.03. The van der Waals surface area contributed by atoms with Crippen molar-refractivity contribution < 1.29 is 9.53 Å². The molecule has 0 spiro atoms. The van der Waals surface area contributed by atoms with Crippen molar-refractivity contribution in [2.24, 2.45) is 0 Å². The second-order valence-corrected chi connectivity index (χ2v) is 4.50. The highest BCUT2D eigenvalue weighted by Crippen LogP contribution is 2.13. The average molecular weight is 233 g/mol. The predicted molar refractivity (Wildman–Crippen MR) is 67.1 cm³/mol. The van der Waals surface area contributed by atoms with Gasteiger partial charge < -0.3 is 9.64 Å². The predicted octanol–water partition coefficient (Wildman–Crippen LogP) is 2.39. The Morgan fingerprint density at radius 3 is 2.71 bits per heavy atom. The molecule has 0 bridgehead atoms. The van der Waals surface area contributed by atoms with E-state index >= 15 is 0 Å². The molecule has 0 atom stereocenters. The zero-order valence-corrected chi connectivity index (χ0v) is 10.3. The van der Waals surface area contributed by atoms with Crippen molar-refractivity contribution in [3.63, 3.8) is 0 Å². The van der Waals surface area contributed by atoms with Crippen molar-refractivity contribution >= 4 is 5.91 Å². The van der Waals surface area contributed by atoms with Crippen LogP contribution in [0.3, 0.4) is 0 Å². The second kappa shape index (κ2) is 5.71. The third kappa shape index (κ3) is 3.48. The summed E-state index contributed by atoms with van der Waals surface area (Å²) in [5, 5.41) is 0. The summed E-state index contributed by atoms with van der Waals surface area (Å²) < 4.78 is 5.62. The Kier molecular flexibility index (Phi) is 4.02. The first-order chi connectivity index (χ1) is 8.25. The number of hydrogen-bond donors (Lipinski definition) is 0. The van der Waals surface area contributed by atoms with Crippen molar-refractivity contribution in [2.45, 2.75) is 26.2 Å². The summed E-state index contributed by atoms with van der Waals surface area (Å²) in [6.45, 7) is 4.48. The fourth-order valence-corrected chi connectivity index (χ4v) is 2.02. The lowest BCUT2D eigenvalue weighted by molar-refractivity contribution is -0.127. The van der Waals surface area contributed by atoms with Crippen molar-refractivity contribution in [2.75, 3.05) is 19.7 Å². The molecule has 1 fully saturated rings. The molecule has 1 aromatic rings. The first-order valence-corrected chi connectivity index (χ1v) is 6.23. The minimum Gasteiger partial charge on any atom is -0.494 e. The van der Waals surface area contributed by atoms with Gasteiger partial charge in [0.1, 0.15) is 5.75 Å². The summed E-state index contributed by atoms with van der Waals surface area (Å²) in [6.07, 6.45) is 2.64. The maximum Gasteiger partial charge on any atom is 0.222 e. The minimum atomic E-state index is 0.292. The molecule has 0 radical (unpaired) electrons. The molecule has 1 aromatic carbocycles. The second-order valence-electron chi connectivity index (χ2n) is 4.50. The van der Waals surface area contributed by atoms with Gasteiger partial charge in [0.05, 0.1) is 6.61 Å². The van der Waals surface area contributed by atoms with Gasteiger partial charge >= 0.3 is 0 Å². The number of carbonyl (C=O) groups excluding carboxylic acids is 1. The van der Waals surface area contributed by atoms with E-state index in [1.54, 1.807) is 0 Å². The van der Waals surface area contributed by atoms with Crippen LogP contribution in [-0.4, -0.2) is 30.5 Å². The van der Waals surface area contributed by atoms with E-state index < -0.39 is 0 Å². The third-order valence-corrected chi connectivity index (χ3v) is 3.03. The van der Waals surface area contributed by atoms with Gasteiger partial charge in [-0.2, -0.15) is 0 Å². The molecular formula is C14H19NO2. The lowest BCUT2D eigenvalue weighted by Gasteiger charge is -2.15. The summed E-state index contributed by atoms with van der Waals surface area (Å²) in [4.78, 5) is 13.3. The fraction of sp³-hybridized carbons (Fsp3) is 0.500. The lowest BCUT2D eigenvalue weighted by atomic mass is 10.2. The zero-order chi connectivity index (χ0) is 12.1. The van der Waals surface area contributed by atoms with E-state index in [0.717, 1.165) is 38.1 Å². The number of nitrogens with zero attached hydrogens (tertiary/aromatic N) is 1. The van der Waals surface area contributed by atoms with E-state index in [4.69, 9.17) is 4.74 Å². The first kappa shape index (κ1) is 12.0. The Balaban J connectivity index is 1.66. The molecule has 0 aromatic heterocycles. The highest BCUT2D eigenvalue weighted by molar-refractivity contribution is 5.77. The van der Waals surface area contributed by atoms with Crippen LogP contribution in [0.25, 0.3) is 0 Å². The van der Waals surface area contributed by atoms with Crippen LogP contribution >= 0.6 is 0 Å². The molecule has 1 heterocycles. The highest BCUT2D eigenvalue weighted by atomic mass is 16.5. The number of hydrogen-bond acceptors (Lipinski definition) is 2. The van der Waals surface area contributed by atoms with Gasteiger partial charge in [0, 0.05) is 19.5 Å². The summed E-state index contributed by atoms with van der Waals surface area (Å²) in [6, 6.07) is 8.05. The van der Waals surface area contributed by atoms with Gasteiger partial charge in [-0.25, -0.2) is 0 Å². The highest BCUT2D eigenvalue weighted by Gasteiger charge is 2.18. The van der Waals surface area contributed by atoms with Crippen LogP contribution in [0, 0.1) is 6.92 Å². The topological polar surface area (TPSA) is 29.5 Å². The number of carbonyl (C=O) groups is 1. The summed E-state index contributed by atoms with van der Waals surface area (Å²) in [7, 11) is 0.